The summed E-state index contributed by atoms with van der Waals surface area (Å²) >= 11 is 7.21. The average molecular weight is 373 g/mol. The molecule has 1 heterocycles. The van der Waals surface area contributed by atoms with Crippen molar-refractivity contribution in [2.45, 2.75) is 43.5 Å². The summed E-state index contributed by atoms with van der Waals surface area (Å²) in [5.41, 5.74) is 2.86. The van der Waals surface area contributed by atoms with Crippen LogP contribution in [0.5, 0.6) is 0 Å². The molecule has 2 aliphatic rings. The van der Waals surface area contributed by atoms with Gasteiger partial charge in [-0.15, -0.1) is 0 Å². The summed E-state index contributed by atoms with van der Waals surface area (Å²) in [6.45, 7) is 1.25. The molecule has 2 atom stereocenters. The van der Waals surface area contributed by atoms with Gasteiger partial charge in [-0.3, -0.25) is 0 Å². The molecular weight excluding hydrogens is 354 g/mol. The number of alkyl halides is 1. The normalized spacial score (nSPS) is 27.3. The Kier molecular flexibility index (Phi) is 4.00. The molecule has 0 amide bonds. The zero-order chi connectivity index (χ0) is 12.5. The van der Waals surface area contributed by atoms with Gasteiger partial charge in [-0.05, 0) is 48.9 Å². The highest BCUT2D eigenvalue weighted by atomic mass is 79.9. The van der Waals surface area contributed by atoms with Crippen molar-refractivity contribution in [2.24, 2.45) is 5.92 Å². The fourth-order valence-electron chi connectivity index (χ4n) is 3.65. The number of anilines is 1. The average Bonchev–Trinajstić information content (AvgIpc) is 2.82. The van der Waals surface area contributed by atoms with E-state index in [1.807, 2.05) is 0 Å². The Labute approximate surface area is 126 Å². The number of halogens is 2. The maximum Gasteiger partial charge on any atom is 0.0410 e. The second kappa shape index (κ2) is 5.54. The van der Waals surface area contributed by atoms with Crippen LogP contribution in [-0.2, 0) is 5.33 Å². The zero-order valence-electron chi connectivity index (χ0n) is 10.5. The van der Waals surface area contributed by atoms with Crippen molar-refractivity contribution < 1.29 is 0 Å². The Morgan fingerprint density at radius 1 is 1.17 bits per heavy atom. The number of rotatable bonds is 2. The minimum atomic E-state index is 0.803. The van der Waals surface area contributed by atoms with E-state index in [1.165, 1.54) is 54.4 Å². The fourth-order valence-corrected chi connectivity index (χ4v) is 4.50. The molecule has 18 heavy (non-hydrogen) atoms. The highest BCUT2D eigenvalue weighted by Crippen LogP contribution is 2.40. The van der Waals surface area contributed by atoms with Crippen molar-refractivity contribution in [3.63, 3.8) is 0 Å². The first kappa shape index (κ1) is 13.0. The topological polar surface area (TPSA) is 3.24 Å². The van der Waals surface area contributed by atoms with E-state index >= 15 is 0 Å². The molecule has 3 rings (SSSR count). The molecule has 0 radical (unpaired) electrons. The summed E-state index contributed by atoms with van der Waals surface area (Å²) < 4.78 is 1.18. The monoisotopic (exact) mass is 371 g/mol. The first-order chi connectivity index (χ1) is 8.79. The number of hydrogen-bond donors (Lipinski definition) is 0. The molecule has 2 fully saturated rings. The van der Waals surface area contributed by atoms with Crippen molar-refractivity contribution in [3.8, 4) is 0 Å². The third-order valence-electron chi connectivity index (χ3n) is 4.51. The summed E-state index contributed by atoms with van der Waals surface area (Å²) in [6, 6.07) is 7.52. The van der Waals surface area contributed by atoms with Crippen molar-refractivity contribution in [3.05, 3.63) is 28.2 Å². The number of nitrogens with zero attached hydrogens (tertiary/aromatic N) is 1. The molecule has 1 nitrogen and oxygen atoms in total. The van der Waals surface area contributed by atoms with Gasteiger partial charge in [0.25, 0.3) is 0 Å². The van der Waals surface area contributed by atoms with Gasteiger partial charge in [-0.25, -0.2) is 0 Å². The minimum Gasteiger partial charge on any atom is -0.368 e. The van der Waals surface area contributed by atoms with E-state index < -0.39 is 0 Å². The van der Waals surface area contributed by atoms with Crippen LogP contribution >= 0.6 is 31.9 Å². The van der Waals surface area contributed by atoms with Gasteiger partial charge in [-0.2, -0.15) is 0 Å². The quantitative estimate of drug-likeness (QED) is 0.651. The zero-order valence-corrected chi connectivity index (χ0v) is 13.7. The van der Waals surface area contributed by atoms with E-state index in [0.717, 1.165) is 17.3 Å². The Hall–Kier alpha value is -0.0200. The first-order valence-corrected chi connectivity index (χ1v) is 8.82. The van der Waals surface area contributed by atoms with E-state index in [2.05, 4.69) is 55.0 Å². The molecule has 3 heteroatoms. The highest BCUT2D eigenvalue weighted by Gasteiger charge is 2.36. The van der Waals surface area contributed by atoms with Crippen LogP contribution in [0.3, 0.4) is 0 Å². The molecule has 98 valence electrons. The standard InChI is InChI=1S/C15H19Br2N/c16-10-12-9-13(17)5-6-15(12)18-8-7-11-3-1-2-4-14(11)18/h5-6,9,11,14H,1-4,7-8,10H2. The van der Waals surface area contributed by atoms with Gasteiger partial charge in [0.05, 0.1) is 0 Å². The van der Waals surface area contributed by atoms with Crippen molar-refractivity contribution in [1.29, 1.82) is 0 Å². The summed E-state index contributed by atoms with van der Waals surface area (Å²) in [5, 5.41) is 0.940. The van der Waals surface area contributed by atoms with Crippen molar-refractivity contribution in [2.75, 3.05) is 11.4 Å². The van der Waals surface area contributed by atoms with Crippen LogP contribution in [0.4, 0.5) is 5.69 Å². The number of fused-ring (bicyclic) bond motifs is 1. The predicted molar refractivity (Wildman–Crippen MR) is 84.5 cm³/mol. The summed E-state index contributed by atoms with van der Waals surface area (Å²) in [6.07, 6.45) is 7.09. The van der Waals surface area contributed by atoms with Crippen LogP contribution in [0.2, 0.25) is 0 Å². The third kappa shape index (κ3) is 2.36. The molecule has 1 aliphatic carbocycles. The molecular formula is C15H19Br2N. The molecule has 2 unspecified atom stereocenters. The first-order valence-electron chi connectivity index (χ1n) is 6.90. The molecule has 1 saturated heterocycles. The van der Waals surface area contributed by atoms with Gasteiger partial charge < -0.3 is 4.90 Å². The van der Waals surface area contributed by atoms with Crippen LogP contribution in [0.1, 0.15) is 37.7 Å². The van der Waals surface area contributed by atoms with E-state index in [4.69, 9.17) is 0 Å². The predicted octanol–water partition coefficient (Wildman–Crippen LogP) is 5.11. The molecule has 0 aromatic heterocycles. The van der Waals surface area contributed by atoms with Gasteiger partial charge in [-0.1, -0.05) is 44.7 Å². The van der Waals surface area contributed by atoms with Crippen molar-refractivity contribution in [1.82, 2.24) is 0 Å². The van der Waals surface area contributed by atoms with Gasteiger partial charge in [0.2, 0.25) is 0 Å². The SMILES string of the molecule is BrCc1cc(Br)ccc1N1CCC2CCCCC21. The lowest BCUT2D eigenvalue weighted by Crippen LogP contribution is -2.35. The van der Waals surface area contributed by atoms with Crippen LogP contribution in [0, 0.1) is 5.92 Å². The van der Waals surface area contributed by atoms with Gasteiger partial charge >= 0.3 is 0 Å². The van der Waals surface area contributed by atoms with Crippen LogP contribution in [0.25, 0.3) is 0 Å². The molecule has 0 bridgehead atoms. The highest BCUT2D eigenvalue weighted by molar-refractivity contribution is 9.10. The van der Waals surface area contributed by atoms with E-state index in [0.29, 0.717) is 0 Å². The Bertz CT molecular complexity index is 433. The molecule has 1 aromatic rings. The lowest BCUT2D eigenvalue weighted by Gasteiger charge is -2.34. The second-order valence-corrected chi connectivity index (χ2v) is 6.98. The maximum atomic E-state index is 3.63. The maximum absolute atomic E-state index is 3.63. The summed E-state index contributed by atoms with van der Waals surface area (Å²) in [5.74, 6) is 0.950. The third-order valence-corrected chi connectivity index (χ3v) is 5.60. The molecule has 1 aromatic carbocycles. The van der Waals surface area contributed by atoms with Crippen LogP contribution in [0.15, 0.2) is 22.7 Å². The van der Waals surface area contributed by atoms with E-state index in [1.54, 1.807) is 0 Å². The van der Waals surface area contributed by atoms with E-state index in [-0.39, 0.29) is 0 Å². The molecule has 1 aliphatic heterocycles. The Morgan fingerprint density at radius 2 is 2.00 bits per heavy atom. The second-order valence-electron chi connectivity index (χ2n) is 5.50. The van der Waals surface area contributed by atoms with E-state index in [9.17, 15) is 0 Å². The van der Waals surface area contributed by atoms with Crippen LogP contribution < -0.4 is 4.90 Å². The smallest absolute Gasteiger partial charge is 0.0410 e. The number of hydrogen-bond acceptors (Lipinski definition) is 1. The van der Waals surface area contributed by atoms with Gasteiger partial charge in [0.1, 0.15) is 0 Å². The largest absolute Gasteiger partial charge is 0.368 e. The Morgan fingerprint density at radius 3 is 2.83 bits per heavy atom. The minimum absolute atomic E-state index is 0.803. The van der Waals surface area contributed by atoms with Gasteiger partial charge in [0.15, 0.2) is 0 Å². The molecule has 1 saturated carbocycles. The van der Waals surface area contributed by atoms with Crippen LogP contribution in [-0.4, -0.2) is 12.6 Å². The lowest BCUT2D eigenvalue weighted by molar-refractivity contribution is 0.342. The van der Waals surface area contributed by atoms with Gasteiger partial charge in [0, 0.05) is 28.1 Å². The lowest BCUT2D eigenvalue weighted by atomic mass is 9.85. The molecule has 0 spiro atoms. The van der Waals surface area contributed by atoms with Crippen molar-refractivity contribution >= 4 is 37.5 Å². The summed E-state index contributed by atoms with van der Waals surface area (Å²) in [4.78, 5) is 2.67. The molecule has 0 N–H and O–H groups in total. The number of benzene rings is 1. The summed E-state index contributed by atoms with van der Waals surface area (Å²) in [7, 11) is 0. The fraction of sp³-hybridized carbons (Fsp3) is 0.600. The Balaban J connectivity index is 1.90.